The summed E-state index contributed by atoms with van der Waals surface area (Å²) in [6.45, 7) is 4.05. The molecule has 104 valence electrons. The molecule has 1 aromatic carbocycles. The minimum atomic E-state index is 0.0218. The predicted octanol–water partition coefficient (Wildman–Crippen LogP) is 2.59. The van der Waals surface area contributed by atoms with Gasteiger partial charge in [0.15, 0.2) is 0 Å². The number of carbonyl (C=O) groups is 1. The maximum Gasteiger partial charge on any atom is 0.251 e. The van der Waals surface area contributed by atoms with Crippen molar-refractivity contribution in [1.29, 1.82) is 0 Å². The van der Waals surface area contributed by atoms with Crippen molar-refractivity contribution < 1.29 is 4.79 Å². The van der Waals surface area contributed by atoms with E-state index in [1.165, 1.54) is 12.8 Å². The molecule has 4 nitrogen and oxygen atoms in total. The second-order valence-electron chi connectivity index (χ2n) is 5.43. The van der Waals surface area contributed by atoms with Crippen LogP contribution in [0.5, 0.6) is 0 Å². The minimum absolute atomic E-state index is 0.0218. The van der Waals surface area contributed by atoms with E-state index in [0.717, 1.165) is 35.6 Å². The zero-order valence-electron chi connectivity index (χ0n) is 11.7. The van der Waals surface area contributed by atoms with E-state index in [-0.39, 0.29) is 5.91 Å². The number of nitrogens with one attached hydrogen (secondary N) is 2. The van der Waals surface area contributed by atoms with Gasteiger partial charge in [-0.25, -0.2) is 0 Å². The van der Waals surface area contributed by atoms with Gasteiger partial charge in [0.2, 0.25) is 0 Å². The molecule has 1 aliphatic rings. The molecular weight excluding hydrogens is 238 g/mol. The first-order valence-corrected chi connectivity index (χ1v) is 7.02. The Morgan fingerprint density at radius 3 is 2.74 bits per heavy atom. The number of benzene rings is 1. The first kappa shape index (κ1) is 13.9. The molecule has 0 bridgehead atoms. The second-order valence-corrected chi connectivity index (χ2v) is 5.43. The summed E-state index contributed by atoms with van der Waals surface area (Å²) in [6.07, 6.45) is 4.75. The van der Waals surface area contributed by atoms with Crippen molar-refractivity contribution in [3.63, 3.8) is 0 Å². The van der Waals surface area contributed by atoms with E-state index in [9.17, 15) is 4.79 Å². The van der Waals surface area contributed by atoms with Gasteiger partial charge in [-0.1, -0.05) is 19.8 Å². The maximum atomic E-state index is 12.3. The van der Waals surface area contributed by atoms with Gasteiger partial charge in [-0.3, -0.25) is 10.6 Å². The number of nitrogens with two attached hydrogens (primary N) is 1. The summed E-state index contributed by atoms with van der Waals surface area (Å²) in [5.74, 6) is 6.21. The summed E-state index contributed by atoms with van der Waals surface area (Å²) in [7, 11) is 0. The number of hydrogen-bond donors (Lipinski definition) is 3. The Morgan fingerprint density at radius 1 is 1.47 bits per heavy atom. The van der Waals surface area contributed by atoms with Crippen LogP contribution in [0.15, 0.2) is 18.2 Å². The number of hydrogen-bond acceptors (Lipinski definition) is 3. The summed E-state index contributed by atoms with van der Waals surface area (Å²) in [5, 5.41) is 3.14. The molecule has 1 aliphatic carbocycles. The van der Waals surface area contributed by atoms with Crippen molar-refractivity contribution in [2.24, 2.45) is 11.8 Å². The first-order chi connectivity index (χ1) is 9.13. The van der Waals surface area contributed by atoms with Crippen molar-refractivity contribution in [3.05, 3.63) is 29.3 Å². The van der Waals surface area contributed by atoms with Crippen LogP contribution in [0, 0.1) is 12.8 Å². The van der Waals surface area contributed by atoms with Crippen molar-refractivity contribution in [2.45, 2.75) is 45.6 Å². The van der Waals surface area contributed by atoms with Crippen molar-refractivity contribution >= 4 is 11.6 Å². The van der Waals surface area contributed by atoms with Crippen LogP contribution in [-0.4, -0.2) is 11.9 Å². The Morgan fingerprint density at radius 2 is 2.21 bits per heavy atom. The Hall–Kier alpha value is -1.55. The average molecular weight is 261 g/mol. The quantitative estimate of drug-likeness (QED) is 0.544. The molecule has 2 rings (SSSR count). The smallest absolute Gasteiger partial charge is 0.251 e. The van der Waals surface area contributed by atoms with Gasteiger partial charge < -0.3 is 10.7 Å². The van der Waals surface area contributed by atoms with Gasteiger partial charge in [0.1, 0.15) is 0 Å². The summed E-state index contributed by atoms with van der Waals surface area (Å²) < 4.78 is 0. The molecule has 1 unspecified atom stereocenters. The molecule has 0 saturated heterocycles. The van der Waals surface area contributed by atoms with E-state index in [0.29, 0.717) is 6.04 Å². The van der Waals surface area contributed by atoms with Crippen molar-refractivity contribution in [2.75, 3.05) is 5.43 Å². The second kappa shape index (κ2) is 6.06. The largest absolute Gasteiger partial charge is 0.349 e. The van der Waals surface area contributed by atoms with E-state index in [1.54, 1.807) is 0 Å². The van der Waals surface area contributed by atoms with Crippen LogP contribution in [-0.2, 0) is 0 Å². The Bertz CT molecular complexity index is 455. The highest BCUT2D eigenvalue weighted by molar-refractivity contribution is 5.96. The van der Waals surface area contributed by atoms with Gasteiger partial charge >= 0.3 is 0 Å². The third kappa shape index (κ3) is 3.70. The lowest BCUT2D eigenvalue weighted by atomic mass is 10.0. The lowest BCUT2D eigenvalue weighted by Gasteiger charge is -2.17. The van der Waals surface area contributed by atoms with Crippen LogP contribution >= 0.6 is 0 Å². The highest BCUT2D eigenvalue weighted by Gasteiger charge is 2.25. The fourth-order valence-electron chi connectivity index (χ4n) is 2.35. The SMILES string of the molecule is CCC(CC1CC1)NC(=O)c1ccc(NN)cc1C. The van der Waals surface area contributed by atoms with E-state index in [1.807, 2.05) is 25.1 Å². The normalized spacial score (nSPS) is 15.9. The van der Waals surface area contributed by atoms with Gasteiger partial charge in [0.25, 0.3) is 5.91 Å². The molecule has 0 spiro atoms. The summed E-state index contributed by atoms with van der Waals surface area (Å²) in [4.78, 5) is 12.3. The molecule has 1 amide bonds. The van der Waals surface area contributed by atoms with E-state index in [4.69, 9.17) is 5.84 Å². The average Bonchev–Trinajstić information content (AvgIpc) is 3.21. The summed E-state index contributed by atoms with van der Waals surface area (Å²) in [6, 6.07) is 5.83. The van der Waals surface area contributed by atoms with Crippen LogP contribution in [0.4, 0.5) is 5.69 Å². The number of carbonyl (C=O) groups excluding carboxylic acids is 1. The van der Waals surface area contributed by atoms with E-state index < -0.39 is 0 Å². The lowest BCUT2D eigenvalue weighted by Crippen LogP contribution is -2.35. The highest BCUT2D eigenvalue weighted by Crippen LogP contribution is 2.34. The third-order valence-electron chi connectivity index (χ3n) is 3.78. The van der Waals surface area contributed by atoms with Gasteiger partial charge in [-0.15, -0.1) is 0 Å². The molecule has 1 atom stereocenters. The Balaban J connectivity index is 2.01. The summed E-state index contributed by atoms with van der Waals surface area (Å²) in [5.41, 5.74) is 5.08. The standard InChI is InChI=1S/C15H23N3O/c1-3-12(9-11-4-5-11)17-15(19)14-7-6-13(18-16)8-10(14)2/h6-8,11-12,18H,3-5,9,16H2,1-2H3,(H,17,19). The van der Waals surface area contributed by atoms with Gasteiger partial charge in [-0.2, -0.15) is 0 Å². The van der Waals surface area contributed by atoms with Crippen LogP contribution in [0.25, 0.3) is 0 Å². The third-order valence-corrected chi connectivity index (χ3v) is 3.78. The number of hydrazine groups is 1. The molecule has 0 radical (unpaired) electrons. The molecule has 0 heterocycles. The van der Waals surface area contributed by atoms with E-state index in [2.05, 4.69) is 17.7 Å². The van der Waals surface area contributed by atoms with Gasteiger partial charge in [0, 0.05) is 17.3 Å². The van der Waals surface area contributed by atoms with Crippen molar-refractivity contribution in [3.8, 4) is 0 Å². The molecule has 0 aromatic heterocycles. The number of rotatable bonds is 6. The maximum absolute atomic E-state index is 12.3. The molecule has 1 aromatic rings. The van der Waals surface area contributed by atoms with Crippen LogP contribution in [0.3, 0.4) is 0 Å². The molecule has 19 heavy (non-hydrogen) atoms. The van der Waals surface area contributed by atoms with Crippen molar-refractivity contribution in [1.82, 2.24) is 5.32 Å². The number of aryl methyl sites for hydroxylation is 1. The zero-order valence-corrected chi connectivity index (χ0v) is 11.7. The van der Waals surface area contributed by atoms with Crippen LogP contribution in [0.1, 0.15) is 48.5 Å². The topological polar surface area (TPSA) is 67.2 Å². The molecule has 1 fully saturated rings. The fraction of sp³-hybridized carbons (Fsp3) is 0.533. The monoisotopic (exact) mass is 261 g/mol. The Labute approximate surface area is 114 Å². The molecular formula is C15H23N3O. The molecule has 4 heteroatoms. The summed E-state index contributed by atoms with van der Waals surface area (Å²) >= 11 is 0. The minimum Gasteiger partial charge on any atom is -0.349 e. The predicted molar refractivity (Wildman–Crippen MR) is 77.9 cm³/mol. The Kier molecular flexibility index (Phi) is 4.43. The molecule has 1 saturated carbocycles. The van der Waals surface area contributed by atoms with E-state index >= 15 is 0 Å². The number of nitrogen functional groups attached to an aromatic ring is 1. The zero-order chi connectivity index (χ0) is 13.8. The molecule has 4 N–H and O–H groups in total. The fourth-order valence-corrected chi connectivity index (χ4v) is 2.35. The van der Waals surface area contributed by atoms with Gasteiger partial charge in [0.05, 0.1) is 0 Å². The highest BCUT2D eigenvalue weighted by atomic mass is 16.1. The number of amides is 1. The van der Waals surface area contributed by atoms with Crippen LogP contribution in [0.2, 0.25) is 0 Å². The van der Waals surface area contributed by atoms with Gasteiger partial charge in [-0.05, 0) is 49.4 Å². The van der Waals surface area contributed by atoms with Crippen LogP contribution < -0.4 is 16.6 Å². The number of anilines is 1. The molecule has 0 aliphatic heterocycles. The first-order valence-electron chi connectivity index (χ1n) is 7.02. The lowest BCUT2D eigenvalue weighted by molar-refractivity contribution is 0.0932.